The number of hydrogen-bond acceptors (Lipinski definition) is 1. The Kier molecular flexibility index (Phi) is 9.06. The quantitative estimate of drug-likeness (QED) is 0.461. The first-order valence-corrected chi connectivity index (χ1v) is 6.01. The van der Waals surface area contributed by atoms with Crippen molar-refractivity contribution >= 4 is 0 Å². The summed E-state index contributed by atoms with van der Waals surface area (Å²) in [6.45, 7) is 9.96. The van der Waals surface area contributed by atoms with Crippen molar-refractivity contribution in [1.29, 1.82) is 0 Å². The van der Waals surface area contributed by atoms with Crippen molar-refractivity contribution in [2.75, 3.05) is 6.54 Å². The van der Waals surface area contributed by atoms with Gasteiger partial charge in [0, 0.05) is 12.6 Å². The van der Waals surface area contributed by atoms with E-state index < -0.39 is 0 Å². The van der Waals surface area contributed by atoms with Gasteiger partial charge in [0.15, 0.2) is 0 Å². The SMILES string of the molecule is CC(C)CCCC/C=C/CNC(C)C. The first kappa shape index (κ1) is 13.7. The lowest BCUT2D eigenvalue weighted by atomic mass is 10.1. The van der Waals surface area contributed by atoms with E-state index in [9.17, 15) is 0 Å². The molecule has 0 aromatic rings. The van der Waals surface area contributed by atoms with Gasteiger partial charge in [-0.2, -0.15) is 0 Å². The molecule has 0 amide bonds. The molecule has 1 nitrogen and oxygen atoms in total. The Morgan fingerprint density at radius 3 is 2.29 bits per heavy atom. The summed E-state index contributed by atoms with van der Waals surface area (Å²) in [6.07, 6.45) is 9.88. The summed E-state index contributed by atoms with van der Waals surface area (Å²) >= 11 is 0. The van der Waals surface area contributed by atoms with Crippen LogP contribution in [0.2, 0.25) is 0 Å². The van der Waals surface area contributed by atoms with Crippen LogP contribution in [0.25, 0.3) is 0 Å². The highest BCUT2D eigenvalue weighted by molar-refractivity contribution is 4.84. The van der Waals surface area contributed by atoms with Crippen LogP contribution in [0.1, 0.15) is 53.4 Å². The van der Waals surface area contributed by atoms with Gasteiger partial charge in [0.2, 0.25) is 0 Å². The number of nitrogens with one attached hydrogen (secondary N) is 1. The topological polar surface area (TPSA) is 12.0 Å². The Balaban J connectivity index is 3.11. The summed E-state index contributed by atoms with van der Waals surface area (Å²) in [5.74, 6) is 0.863. The maximum Gasteiger partial charge on any atom is 0.0137 e. The zero-order valence-corrected chi connectivity index (χ0v) is 10.3. The summed E-state index contributed by atoms with van der Waals surface area (Å²) in [6, 6.07) is 0.598. The average molecular weight is 197 g/mol. The van der Waals surface area contributed by atoms with Crippen LogP contribution in [-0.2, 0) is 0 Å². The largest absolute Gasteiger partial charge is 0.311 e. The zero-order valence-electron chi connectivity index (χ0n) is 10.3. The monoisotopic (exact) mass is 197 g/mol. The Morgan fingerprint density at radius 1 is 1.00 bits per heavy atom. The molecule has 0 aliphatic heterocycles. The summed E-state index contributed by atoms with van der Waals surface area (Å²) in [7, 11) is 0. The van der Waals surface area contributed by atoms with Gasteiger partial charge >= 0.3 is 0 Å². The van der Waals surface area contributed by atoms with E-state index in [1.54, 1.807) is 0 Å². The molecule has 0 aromatic carbocycles. The van der Waals surface area contributed by atoms with Crippen molar-refractivity contribution in [3.63, 3.8) is 0 Å². The van der Waals surface area contributed by atoms with Crippen molar-refractivity contribution in [3.05, 3.63) is 12.2 Å². The number of allylic oxidation sites excluding steroid dienone is 1. The van der Waals surface area contributed by atoms with E-state index in [-0.39, 0.29) is 0 Å². The van der Waals surface area contributed by atoms with Gasteiger partial charge in [-0.25, -0.2) is 0 Å². The minimum absolute atomic E-state index is 0.598. The van der Waals surface area contributed by atoms with Crippen LogP contribution in [-0.4, -0.2) is 12.6 Å². The van der Waals surface area contributed by atoms with Gasteiger partial charge in [0.25, 0.3) is 0 Å². The molecule has 0 aromatic heterocycles. The molecule has 0 saturated heterocycles. The molecule has 1 heteroatoms. The van der Waals surface area contributed by atoms with Crippen molar-refractivity contribution in [2.24, 2.45) is 5.92 Å². The lowest BCUT2D eigenvalue weighted by Crippen LogP contribution is -2.22. The molecular weight excluding hydrogens is 170 g/mol. The van der Waals surface area contributed by atoms with Crippen LogP contribution in [0.5, 0.6) is 0 Å². The third-order valence-corrected chi connectivity index (χ3v) is 2.21. The van der Waals surface area contributed by atoms with E-state index in [0.717, 1.165) is 12.5 Å². The maximum absolute atomic E-state index is 3.37. The fraction of sp³-hybridized carbons (Fsp3) is 0.846. The molecule has 0 fully saturated rings. The Morgan fingerprint density at radius 2 is 1.71 bits per heavy atom. The third-order valence-electron chi connectivity index (χ3n) is 2.21. The molecule has 0 atom stereocenters. The maximum atomic E-state index is 3.37. The number of rotatable bonds is 8. The van der Waals surface area contributed by atoms with Crippen molar-refractivity contribution in [3.8, 4) is 0 Å². The molecular formula is C13H27N. The second-order valence-corrected chi connectivity index (χ2v) is 4.71. The summed E-state index contributed by atoms with van der Waals surface area (Å²) in [5, 5.41) is 3.37. The molecule has 1 N–H and O–H groups in total. The van der Waals surface area contributed by atoms with Gasteiger partial charge in [-0.05, 0) is 18.8 Å². The van der Waals surface area contributed by atoms with Crippen LogP contribution in [0, 0.1) is 5.92 Å². The van der Waals surface area contributed by atoms with Crippen LogP contribution in [0.15, 0.2) is 12.2 Å². The summed E-state index contributed by atoms with van der Waals surface area (Å²) in [5.41, 5.74) is 0. The average Bonchev–Trinajstić information content (AvgIpc) is 2.08. The molecule has 0 rings (SSSR count). The molecule has 0 radical (unpaired) electrons. The van der Waals surface area contributed by atoms with Crippen LogP contribution in [0.3, 0.4) is 0 Å². The molecule has 0 spiro atoms. The number of hydrogen-bond donors (Lipinski definition) is 1. The normalized spacial score (nSPS) is 12.1. The van der Waals surface area contributed by atoms with Crippen LogP contribution in [0.4, 0.5) is 0 Å². The highest BCUT2D eigenvalue weighted by atomic mass is 14.9. The van der Waals surface area contributed by atoms with Crippen LogP contribution < -0.4 is 5.32 Å². The van der Waals surface area contributed by atoms with E-state index in [0.29, 0.717) is 6.04 Å². The van der Waals surface area contributed by atoms with Gasteiger partial charge in [-0.15, -0.1) is 0 Å². The van der Waals surface area contributed by atoms with Crippen molar-refractivity contribution < 1.29 is 0 Å². The van der Waals surface area contributed by atoms with E-state index in [2.05, 4.69) is 45.2 Å². The van der Waals surface area contributed by atoms with Gasteiger partial charge in [-0.3, -0.25) is 0 Å². The highest BCUT2D eigenvalue weighted by Gasteiger charge is 1.92. The lowest BCUT2D eigenvalue weighted by molar-refractivity contribution is 0.540. The lowest BCUT2D eigenvalue weighted by Gasteiger charge is -2.04. The van der Waals surface area contributed by atoms with E-state index >= 15 is 0 Å². The van der Waals surface area contributed by atoms with E-state index in [4.69, 9.17) is 0 Å². The number of unbranched alkanes of at least 4 members (excludes halogenated alkanes) is 2. The predicted octanol–water partition coefficient (Wildman–Crippen LogP) is 3.76. The Labute approximate surface area is 90.0 Å². The van der Waals surface area contributed by atoms with E-state index in [1.165, 1.54) is 25.7 Å². The van der Waals surface area contributed by atoms with E-state index in [1.807, 2.05) is 0 Å². The Hall–Kier alpha value is -0.300. The van der Waals surface area contributed by atoms with Crippen LogP contribution >= 0.6 is 0 Å². The molecule has 0 saturated carbocycles. The van der Waals surface area contributed by atoms with Crippen molar-refractivity contribution in [1.82, 2.24) is 5.32 Å². The molecule has 84 valence electrons. The molecule has 0 unspecified atom stereocenters. The van der Waals surface area contributed by atoms with Gasteiger partial charge in [0.1, 0.15) is 0 Å². The smallest absolute Gasteiger partial charge is 0.0137 e. The molecule has 0 aliphatic carbocycles. The Bertz CT molecular complexity index is 136. The van der Waals surface area contributed by atoms with Gasteiger partial charge < -0.3 is 5.32 Å². The molecule has 0 aliphatic rings. The molecule has 14 heavy (non-hydrogen) atoms. The second kappa shape index (κ2) is 9.26. The van der Waals surface area contributed by atoms with Crippen molar-refractivity contribution in [2.45, 2.75) is 59.4 Å². The minimum Gasteiger partial charge on any atom is -0.311 e. The zero-order chi connectivity index (χ0) is 10.8. The standard InChI is InChI=1S/C13H27N/c1-12(2)10-8-6-5-7-9-11-14-13(3)4/h7,9,12-14H,5-6,8,10-11H2,1-4H3/b9-7+. The fourth-order valence-electron chi connectivity index (χ4n) is 1.32. The minimum atomic E-state index is 0.598. The first-order chi connectivity index (χ1) is 6.63. The van der Waals surface area contributed by atoms with Gasteiger partial charge in [-0.1, -0.05) is 52.7 Å². The fourth-order valence-corrected chi connectivity index (χ4v) is 1.32. The second-order valence-electron chi connectivity index (χ2n) is 4.71. The van der Waals surface area contributed by atoms with Gasteiger partial charge in [0.05, 0.1) is 0 Å². The summed E-state index contributed by atoms with van der Waals surface area (Å²) < 4.78 is 0. The predicted molar refractivity (Wildman–Crippen MR) is 65.6 cm³/mol. The molecule has 0 heterocycles. The summed E-state index contributed by atoms with van der Waals surface area (Å²) in [4.78, 5) is 0. The highest BCUT2D eigenvalue weighted by Crippen LogP contribution is 2.07. The first-order valence-electron chi connectivity index (χ1n) is 6.01. The third kappa shape index (κ3) is 11.7. The molecule has 0 bridgehead atoms.